The van der Waals surface area contributed by atoms with E-state index in [1.807, 2.05) is 6.92 Å². The van der Waals surface area contributed by atoms with E-state index in [1.54, 1.807) is 24.4 Å². The van der Waals surface area contributed by atoms with Gasteiger partial charge in [-0.1, -0.05) is 19.1 Å². The minimum absolute atomic E-state index is 0.158. The number of nitrogens with one attached hydrogen (secondary N) is 1. The third-order valence-corrected chi connectivity index (χ3v) is 2.50. The second kappa shape index (κ2) is 6.13. The molecule has 0 radical (unpaired) electrons. The molecule has 0 amide bonds. The summed E-state index contributed by atoms with van der Waals surface area (Å²) in [6.07, 6.45) is 2.63. The normalized spacial score (nSPS) is 10.3. The molecule has 0 bridgehead atoms. The summed E-state index contributed by atoms with van der Waals surface area (Å²) < 4.78 is 19.0. The average molecular weight is 261 g/mol. The van der Waals surface area contributed by atoms with Gasteiger partial charge in [0.1, 0.15) is 0 Å². The monoisotopic (exact) mass is 261 g/mol. The molecule has 0 spiro atoms. The van der Waals surface area contributed by atoms with E-state index < -0.39 is 5.82 Å². The van der Waals surface area contributed by atoms with Crippen molar-refractivity contribution in [3.8, 4) is 11.6 Å². The molecule has 5 heteroatoms. The number of para-hydroxylation sites is 1. The molecular formula is C14H16FN3O. The largest absolute Gasteiger partial charge is 0.435 e. The number of rotatable bonds is 5. The first-order valence-electron chi connectivity index (χ1n) is 6.20. The van der Waals surface area contributed by atoms with Gasteiger partial charge in [0.2, 0.25) is 11.8 Å². The Bertz CT molecular complexity index is 560. The Labute approximate surface area is 111 Å². The smallest absolute Gasteiger partial charge is 0.227 e. The maximum atomic E-state index is 13.5. The molecule has 1 heterocycles. The molecule has 0 aliphatic rings. The number of hydrogen-bond donors (Lipinski definition) is 1. The average Bonchev–Trinajstić information content (AvgIpc) is 2.42. The van der Waals surface area contributed by atoms with Crippen molar-refractivity contribution in [1.29, 1.82) is 0 Å². The van der Waals surface area contributed by atoms with Crippen LogP contribution in [0, 0.1) is 12.7 Å². The van der Waals surface area contributed by atoms with Gasteiger partial charge in [-0.2, -0.15) is 4.98 Å². The van der Waals surface area contributed by atoms with Crippen LogP contribution in [0.4, 0.5) is 10.3 Å². The molecule has 0 unspecified atom stereocenters. The van der Waals surface area contributed by atoms with Gasteiger partial charge in [0, 0.05) is 18.3 Å². The summed E-state index contributed by atoms with van der Waals surface area (Å²) >= 11 is 0. The highest BCUT2D eigenvalue weighted by Gasteiger charge is 2.09. The highest BCUT2D eigenvalue weighted by Crippen LogP contribution is 2.25. The van der Waals surface area contributed by atoms with Crippen molar-refractivity contribution in [2.45, 2.75) is 20.3 Å². The highest BCUT2D eigenvalue weighted by atomic mass is 19.1. The molecule has 0 aliphatic carbocycles. The summed E-state index contributed by atoms with van der Waals surface area (Å²) in [7, 11) is 0. The van der Waals surface area contributed by atoms with E-state index in [1.165, 1.54) is 6.07 Å². The van der Waals surface area contributed by atoms with Gasteiger partial charge in [-0.25, -0.2) is 9.37 Å². The van der Waals surface area contributed by atoms with Gasteiger partial charge in [0.15, 0.2) is 11.6 Å². The van der Waals surface area contributed by atoms with E-state index in [-0.39, 0.29) is 5.75 Å². The third-order valence-electron chi connectivity index (χ3n) is 2.50. The zero-order valence-corrected chi connectivity index (χ0v) is 11.0. The van der Waals surface area contributed by atoms with Gasteiger partial charge in [-0.3, -0.25) is 0 Å². The number of benzene rings is 1. The van der Waals surface area contributed by atoms with Crippen molar-refractivity contribution in [2.75, 3.05) is 11.9 Å². The number of nitrogens with zero attached hydrogens (tertiary/aromatic N) is 2. The summed E-state index contributed by atoms with van der Waals surface area (Å²) in [5.41, 5.74) is 0.755. The van der Waals surface area contributed by atoms with Crippen LogP contribution in [0.5, 0.6) is 11.6 Å². The molecule has 1 N–H and O–H groups in total. The molecular weight excluding hydrogens is 245 g/mol. The van der Waals surface area contributed by atoms with Crippen molar-refractivity contribution in [1.82, 2.24) is 9.97 Å². The summed E-state index contributed by atoms with van der Waals surface area (Å²) in [6.45, 7) is 4.65. The third kappa shape index (κ3) is 3.40. The molecule has 2 aromatic rings. The zero-order valence-electron chi connectivity index (χ0n) is 11.0. The van der Waals surface area contributed by atoms with Gasteiger partial charge in [0.05, 0.1) is 0 Å². The minimum Gasteiger partial charge on any atom is -0.435 e. The Balaban J connectivity index is 2.21. The van der Waals surface area contributed by atoms with Crippen LogP contribution < -0.4 is 10.1 Å². The number of anilines is 1. The second-order valence-corrected chi connectivity index (χ2v) is 4.14. The van der Waals surface area contributed by atoms with Gasteiger partial charge in [-0.05, 0) is 25.5 Å². The van der Waals surface area contributed by atoms with Crippen LogP contribution in [0.25, 0.3) is 0 Å². The zero-order chi connectivity index (χ0) is 13.7. The van der Waals surface area contributed by atoms with Crippen LogP contribution in [0.15, 0.2) is 30.5 Å². The number of hydrogen-bond acceptors (Lipinski definition) is 4. The summed E-state index contributed by atoms with van der Waals surface area (Å²) in [5, 5.41) is 3.07. The SMILES string of the molecule is CCCNc1ncc(C)c(Oc2ccccc2F)n1. The molecule has 1 aromatic heterocycles. The molecule has 100 valence electrons. The summed E-state index contributed by atoms with van der Waals surface area (Å²) in [6, 6.07) is 6.24. The first kappa shape index (κ1) is 13.3. The van der Waals surface area contributed by atoms with Gasteiger partial charge in [-0.15, -0.1) is 0 Å². The fourth-order valence-electron chi connectivity index (χ4n) is 1.48. The Morgan fingerprint density at radius 3 is 2.84 bits per heavy atom. The van der Waals surface area contributed by atoms with Crippen LogP contribution in [0.2, 0.25) is 0 Å². The van der Waals surface area contributed by atoms with Crippen LogP contribution in [0.3, 0.4) is 0 Å². The summed E-state index contributed by atoms with van der Waals surface area (Å²) in [5.74, 6) is 0.590. The van der Waals surface area contributed by atoms with E-state index in [0.29, 0.717) is 11.8 Å². The van der Waals surface area contributed by atoms with Gasteiger partial charge >= 0.3 is 0 Å². The Morgan fingerprint density at radius 2 is 2.11 bits per heavy atom. The Morgan fingerprint density at radius 1 is 1.32 bits per heavy atom. The van der Waals surface area contributed by atoms with Crippen molar-refractivity contribution < 1.29 is 9.13 Å². The molecule has 19 heavy (non-hydrogen) atoms. The second-order valence-electron chi connectivity index (χ2n) is 4.14. The van der Waals surface area contributed by atoms with Gasteiger partial charge < -0.3 is 10.1 Å². The molecule has 4 nitrogen and oxygen atoms in total. The number of ether oxygens (including phenoxy) is 1. The lowest BCUT2D eigenvalue weighted by Gasteiger charge is -2.10. The van der Waals surface area contributed by atoms with Crippen molar-refractivity contribution in [3.05, 3.63) is 41.8 Å². The lowest BCUT2D eigenvalue weighted by atomic mass is 10.3. The van der Waals surface area contributed by atoms with E-state index in [9.17, 15) is 4.39 Å². The molecule has 0 saturated heterocycles. The molecule has 0 aliphatic heterocycles. The molecule has 2 rings (SSSR count). The Hall–Kier alpha value is -2.17. The first-order valence-corrected chi connectivity index (χ1v) is 6.20. The van der Waals surface area contributed by atoms with Gasteiger partial charge in [0.25, 0.3) is 0 Å². The van der Waals surface area contributed by atoms with Crippen molar-refractivity contribution in [2.24, 2.45) is 0 Å². The predicted octanol–water partition coefficient (Wildman–Crippen LogP) is 3.54. The minimum atomic E-state index is -0.413. The molecule has 0 saturated carbocycles. The van der Waals surface area contributed by atoms with Crippen LogP contribution >= 0.6 is 0 Å². The van der Waals surface area contributed by atoms with Crippen LogP contribution in [-0.2, 0) is 0 Å². The number of aryl methyl sites for hydroxylation is 1. The number of aromatic nitrogens is 2. The maximum Gasteiger partial charge on any atom is 0.227 e. The van der Waals surface area contributed by atoms with Crippen molar-refractivity contribution in [3.63, 3.8) is 0 Å². The topological polar surface area (TPSA) is 47.0 Å². The fourth-order valence-corrected chi connectivity index (χ4v) is 1.48. The van der Waals surface area contributed by atoms with E-state index in [4.69, 9.17) is 4.74 Å². The van der Waals surface area contributed by atoms with E-state index in [2.05, 4.69) is 22.2 Å². The predicted molar refractivity (Wildman–Crippen MR) is 72.0 cm³/mol. The quantitative estimate of drug-likeness (QED) is 0.894. The van der Waals surface area contributed by atoms with Crippen LogP contribution in [0.1, 0.15) is 18.9 Å². The lowest BCUT2D eigenvalue weighted by Crippen LogP contribution is -2.05. The lowest BCUT2D eigenvalue weighted by molar-refractivity contribution is 0.424. The maximum absolute atomic E-state index is 13.5. The highest BCUT2D eigenvalue weighted by molar-refractivity contribution is 5.36. The molecule has 1 aromatic carbocycles. The Kier molecular flexibility index (Phi) is 4.28. The molecule has 0 atom stereocenters. The van der Waals surface area contributed by atoms with E-state index >= 15 is 0 Å². The standard InChI is InChI=1S/C14H16FN3O/c1-3-8-16-14-17-9-10(2)13(18-14)19-12-7-5-4-6-11(12)15/h4-7,9H,3,8H2,1-2H3,(H,16,17,18). The fraction of sp³-hybridized carbons (Fsp3) is 0.286. The van der Waals surface area contributed by atoms with Crippen LogP contribution in [-0.4, -0.2) is 16.5 Å². The molecule has 0 fully saturated rings. The van der Waals surface area contributed by atoms with E-state index in [0.717, 1.165) is 18.5 Å². The van der Waals surface area contributed by atoms with Crippen molar-refractivity contribution >= 4 is 5.95 Å². The summed E-state index contributed by atoms with van der Waals surface area (Å²) in [4.78, 5) is 8.38. The first-order chi connectivity index (χ1) is 9.20. The number of halogens is 1.